The molecule has 3 heterocycles. The monoisotopic (exact) mass is 424 g/mol. The van der Waals surface area contributed by atoms with Crippen LogP contribution in [0.2, 0.25) is 0 Å². The summed E-state index contributed by atoms with van der Waals surface area (Å²) in [6, 6.07) is 6.70. The lowest BCUT2D eigenvalue weighted by Crippen LogP contribution is -2.58. The number of piperidine rings is 1. The molecule has 3 aliphatic rings. The molecule has 1 aromatic carbocycles. The summed E-state index contributed by atoms with van der Waals surface area (Å²) in [7, 11) is 0. The fourth-order valence-corrected chi connectivity index (χ4v) is 7.09. The van der Waals surface area contributed by atoms with Crippen molar-refractivity contribution in [3.63, 3.8) is 0 Å². The number of para-hydroxylation sites is 1. The van der Waals surface area contributed by atoms with Gasteiger partial charge in [-0.15, -0.1) is 0 Å². The Bertz CT molecular complexity index is 968. The van der Waals surface area contributed by atoms with Crippen LogP contribution in [0.25, 0.3) is 0 Å². The van der Waals surface area contributed by atoms with Crippen LogP contribution in [0.4, 0.5) is 11.5 Å². The summed E-state index contributed by atoms with van der Waals surface area (Å²) in [6.45, 7) is 5.52. The zero-order chi connectivity index (χ0) is 20.8. The Kier molecular flexibility index (Phi) is 5.19. The third kappa shape index (κ3) is 3.48. The second-order valence-electron chi connectivity index (χ2n) is 9.14. The molecule has 0 amide bonds. The van der Waals surface area contributed by atoms with Gasteiger partial charge in [-0.2, -0.15) is 0 Å². The van der Waals surface area contributed by atoms with Gasteiger partial charge in [-0.05, 0) is 60.6 Å². The van der Waals surface area contributed by atoms with Crippen molar-refractivity contribution in [3.8, 4) is 0 Å². The predicted molar refractivity (Wildman–Crippen MR) is 117 cm³/mol. The normalized spacial score (nSPS) is 31.9. The number of fused-ring (bicyclic) bond motifs is 4. The van der Waals surface area contributed by atoms with Crippen LogP contribution in [0.1, 0.15) is 32.3 Å². The van der Waals surface area contributed by atoms with E-state index in [9.17, 15) is 9.90 Å². The molecule has 2 aromatic rings. The number of aliphatic carboxylic acids is 1. The Morgan fingerprint density at radius 2 is 2.07 bits per heavy atom. The molecule has 0 spiro atoms. The zero-order valence-electron chi connectivity index (χ0n) is 17.3. The molecule has 0 radical (unpaired) electrons. The van der Waals surface area contributed by atoms with E-state index in [1.54, 1.807) is 24.2 Å². The first-order valence-electron chi connectivity index (χ1n) is 10.8. The van der Waals surface area contributed by atoms with E-state index in [-0.39, 0.29) is 18.4 Å². The van der Waals surface area contributed by atoms with Gasteiger partial charge >= 0.3 is 5.97 Å². The van der Waals surface area contributed by atoms with Crippen LogP contribution in [0.5, 0.6) is 0 Å². The lowest BCUT2D eigenvalue weighted by Gasteiger charge is -2.53. The number of rotatable bonds is 4. The Balaban J connectivity index is 1.43. The molecule has 3 N–H and O–H groups in total. The smallest absolute Gasteiger partial charge is 0.303 e. The van der Waals surface area contributed by atoms with Crippen LogP contribution < -0.4 is 10.6 Å². The van der Waals surface area contributed by atoms with E-state index in [4.69, 9.17) is 0 Å². The highest BCUT2D eigenvalue weighted by Gasteiger charge is 2.48. The average molecular weight is 425 g/mol. The summed E-state index contributed by atoms with van der Waals surface area (Å²) in [4.78, 5) is 21.7. The van der Waals surface area contributed by atoms with Gasteiger partial charge in [0.15, 0.2) is 5.82 Å². The second-order valence-corrected chi connectivity index (χ2v) is 10.2. The van der Waals surface area contributed by atoms with E-state index in [1.165, 1.54) is 16.9 Å². The lowest BCUT2D eigenvalue weighted by atomic mass is 9.57. The molecular formula is C23H28N4O2S. The van der Waals surface area contributed by atoms with Gasteiger partial charge < -0.3 is 15.7 Å². The highest BCUT2D eigenvalue weighted by Crippen LogP contribution is 2.49. The summed E-state index contributed by atoms with van der Waals surface area (Å²) >= 11 is 1.65. The standard InChI is InChI=1S/C23H28N4O2S/c1-12-8-13(2)20-15(10-19(28)29)16(12)11-26-17(20)9-14-4-3-5-18-21(14)27-22-23(30-18)25-7-6-24-22/h3-7,12-13,15-17,20,26H,8-11H2,1-2H3,(H,24,27)(H,28,29)/t12-,13-,15?,16?,17?,20?/m1/s1. The van der Waals surface area contributed by atoms with Crippen molar-refractivity contribution in [1.29, 1.82) is 0 Å². The van der Waals surface area contributed by atoms with E-state index < -0.39 is 5.97 Å². The Labute approximate surface area is 181 Å². The highest BCUT2D eigenvalue weighted by atomic mass is 32.2. The summed E-state index contributed by atoms with van der Waals surface area (Å²) < 4.78 is 0. The zero-order valence-corrected chi connectivity index (χ0v) is 18.2. The summed E-state index contributed by atoms with van der Waals surface area (Å²) in [5, 5.41) is 17.8. The van der Waals surface area contributed by atoms with Gasteiger partial charge in [-0.1, -0.05) is 37.7 Å². The number of hydrogen-bond donors (Lipinski definition) is 3. The van der Waals surface area contributed by atoms with Crippen molar-refractivity contribution in [3.05, 3.63) is 36.2 Å². The van der Waals surface area contributed by atoms with Crippen molar-refractivity contribution in [1.82, 2.24) is 15.3 Å². The van der Waals surface area contributed by atoms with Gasteiger partial charge in [0, 0.05) is 29.8 Å². The fraction of sp³-hybridized carbons (Fsp3) is 0.522. The van der Waals surface area contributed by atoms with Gasteiger partial charge in [-0.25, -0.2) is 9.97 Å². The molecule has 5 rings (SSSR count). The van der Waals surface area contributed by atoms with Crippen molar-refractivity contribution < 1.29 is 9.90 Å². The minimum Gasteiger partial charge on any atom is -0.481 e. The first-order valence-corrected chi connectivity index (χ1v) is 11.7. The Morgan fingerprint density at radius 3 is 2.90 bits per heavy atom. The van der Waals surface area contributed by atoms with Crippen LogP contribution in [0, 0.1) is 29.6 Å². The van der Waals surface area contributed by atoms with E-state index in [1.807, 2.05) is 0 Å². The second kappa shape index (κ2) is 7.85. The topological polar surface area (TPSA) is 87.1 Å². The van der Waals surface area contributed by atoms with Gasteiger partial charge in [0.25, 0.3) is 0 Å². The van der Waals surface area contributed by atoms with Crippen LogP contribution in [0.15, 0.2) is 40.5 Å². The molecule has 30 heavy (non-hydrogen) atoms. The van der Waals surface area contributed by atoms with E-state index >= 15 is 0 Å². The molecule has 1 saturated carbocycles. The number of aromatic nitrogens is 2. The SMILES string of the molecule is C[C@@H]1C[C@@H](C)C2C(Cc3cccc4c3Nc3nccnc3S4)NCC1C2CC(=O)O. The number of nitrogens with zero attached hydrogens (tertiary/aromatic N) is 2. The molecule has 6 atom stereocenters. The first-order chi connectivity index (χ1) is 14.5. The molecule has 158 valence electrons. The number of carboxylic acid groups (broad SMARTS) is 1. The van der Waals surface area contributed by atoms with Gasteiger partial charge in [0.1, 0.15) is 5.03 Å². The maximum Gasteiger partial charge on any atom is 0.303 e. The highest BCUT2D eigenvalue weighted by molar-refractivity contribution is 7.99. The minimum absolute atomic E-state index is 0.251. The molecule has 1 aliphatic carbocycles. The van der Waals surface area contributed by atoms with Gasteiger partial charge in [0.2, 0.25) is 0 Å². The Morgan fingerprint density at radius 1 is 1.23 bits per heavy atom. The van der Waals surface area contributed by atoms with E-state index in [0.717, 1.165) is 29.5 Å². The molecular weight excluding hydrogens is 396 g/mol. The van der Waals surface area contributed by atoms with Crippen LogP contribution in [-0.2, 0) is 11.2 Å². The minimum atomic E-state index is -0.665. The number of anilines is 2. The van der Waals surface area contributed by atoms with Crippen molar-refractivity contribution in [2.24, 2.45) is 29.6 Å². The van der Waals surface area contributed by atoms with Crippen molar-refractivity contribution in [2.75, 3.05) is 11.9 Å². The number of carbonyl (C=O) groups is 1. The molecule has 1 saturated heterocycles. The van der Waals surface area contributed by atoms with Crippen LogP contribution in [0.3, 0.4) is 0 Å². The van der Waals surface area contributed by atoms with E-state index in [0.29, 0.717) is 23.7 Å². The quantitative estimate of drug-likeness (QED) is 0.579. The van der Waals surface area contributed by atoms with Crippen LogP contribution >= 0.6 is 11.8 Å². The average Bonchev–Trinajstić information content (AvgIpc) is 2.71. The first kappa shape index (κ1) is 19.8. The largest absolute Gasteiger partial charge is 0.481 e. The third-order valence-corrected chi connectivity index (χ3v) is 8.39. The lowest BCUT2D eigenvalue weighted by molar-refractivity contribution is -0.141. The van der Waals surface area contributed by atoms with E-state index in [2.05, 4.69) is 52.6 Å². The predicted octanol–water partition coefficient (Wildman–Crippen LogP) is 4.20. The van der Waals surface area contributed by atoms with Gasteiger partial charge in [-0.3, -0.25) is 4.79 Å². The van der Waals surface area contributed by atoms with Crippen molar-refractivity contribution in [2.45, 2.75) is 49.1 Å². The maximum absolute atomic E-state index is 11.6. The molecule has 7 heteroatoms. The number of benzene rings is 1. The summed E-state index contributed by atoms with van der Waals surface area (Å²) in [5.74, 6) is 2.33. The molecule has 6 nitrogen and oxygen atoms in total. The van der Waals surface area contributed by atoms with Crippen LogP contribution in [-0.4, -0.2) is 33.6 Å². The number of carboxylic acids is 1. The fourth-order valence-electron chi connectivity index (χ4n) is 6.13. The maximum atomic E-state index is 11.6. The molecule has 1 aromatic heterocycles. The molecule has 2 bridgehead atoms. The Hall–Kier alpha value is -2.12. The molecule has 4 unspecified atom stereocenters. The van der Waals surface area contributed by atoms with Crippen molar-refractivity contribution >= 4 is 29.2 Å². The molecule has 2 fully saturated rings. The van der Waals surface area contributed by atoms with Gasteiger partial charge in [0.05, 0.1) is 5.69 Å². The molecule has 2 aliphatic heterocycles. The third-order valence-electron chi connectivity index (χ3n) is 7.33. The number of nitrogens with one attached hydrogen (secondary N) is 2. The summed E-state index contributed by atoms with van der Waals surface area (Å²) in [5.41, 5.74) is 2.37. The number of hydrogen-bond acceptors (Lipinski definition) is 6. The summed E-state index contributed by atoms with van der Waals surface area (Å²) in [6.07, 6.45) is 5.79.